The molecule has 1 heterocycles. The van der Waals surface area contributed by atoms with Gasteiger partial charge in [-0.1, -0.05) is 13.8 Å². The van der Waals surface area contributed by atoms with Gasteiger partial charge in [-0.2, -0.15) is 0 Å². The zero-order chi connectivity index (χ0) is 9.47. The zero-order valence-corrected chi connectivity index (χ0v) is 8.75. The maximum absolute atomic E-state index is 6.27. The van der Waals surface area contributed by atoms with Crippen LogP contribution >= 0.6 is 0 Å². The van der Waals surface area contributed by atoms with Gasteiger partial charge in [0.25, 0.3) is 0 Å². The number of ether oxygens (including phenoxy) is 1. The van der Waals surface area contributed by atoms with Gasteiger partial charge in [0.15, 0.2) is 0 Å². The molecule has 76 valence electrons. The molecule has 2 fully saturated rings. The van der Waals surface area contributed by atoms with E-state index in [2.05, 4.69) is 13.8 Å². The fourth-order valence-corrected chi connectivity index (χ4v) is 2.59. The van der Waals surface area contributed by atoms with Gasteiger partial charge in [-0.15, -0.1) is 0 Å². The number of hydrogen-bond acceptors (Lipinski definition) is 2. The summed E-state index contributed by atoms with van der Waals surface area (Å²) in [5.74, 6) is 1.50. The Morgan fingerprint density at radius 3 is 2.31 bits per heavy atom. The number of hydrogen-bond donors (Lipinski definition) is 1. The van der Waals surface area contributed by atoms with Gasteiger partial charge in [-0.05, 0) is 36.5 Å². The first-order valence-electron chi connectivity index (χ1n) is 5.44. The molecule has 0 bridgehead atoms. The Balaban J connectivity index is 1.86. The summed E-state index contributed by atoms with van der Waals surface area (Å²) < 4.78 is 5.35. The van der Waals surface area contributed by atoms with E-state index in [1.54, 1.807) is 0 Å². The van der Waals surface area contributed by atoms with Crippen molar-refractivity contribution in [1.82, 2.24) is 0 Å². The van der Waals surface area contributed by atoms with Crippen molar-refractivity contribution in [2.75, 3.05) is 13.2 Å². The quantitative estimate of drug-likeness (QED) is 0.708. The van der Waals surface area contributed by atoms with Crippen LogP contribution in [0.3, 0.4) is 0 Å². The Kier molecular flexibility index (Phi) is 2.37. The van der Waals surface area contributed by atoms with Crippen LogP contribution in [0.4, 0.5) is 0 Å². The lowest BCUT2D eigenvalue weighted by Gasteiger charge is -2.28. The van der Waals surface area contributed by atoms with Crippen LogP contribution in [0.1, 0.15) is 33.1 Å². The highest BCUT2D eigenvalue weighted by atomic mass is 16.5. The van der Waals surface area contributed by atoms with Crippen molar-refractivity contribution in [2.24, 2.45) is 23.0 Å². The summed E-state index contributed by atoms with van der Waals surface area (Å²) in [7, 11) is 0. The third-order valence-corrected chi connectivity index (χ3v) is 3.86. The molecule has 0 aromatic heterocycles. The average molecular weight is 183 g/mol. The summed E-state index contributed by atoms with van der Waals surface area (Å²) in [5.41, 5.74) is 6.80. The largest absolute Gasteiger partial charge is 0.381 e. The maximum Gasteiger partial charge on any atom is 0.0469 e. The van der Waals surface area contributed by atoms with Crippen molar-refractivity contribution >= 4 is 0 Å². The fraction of sp³-hybridized carbons (Fsp3) is 1.00. The lowest BCUT2D eigenvalue weighted by molar-refractivity contribution is 0.0546. The van der Waals surface area contributed by atoms with Crippen LogP contribution in [-0.4, -0.2) is 19.3 Å². The predicted octanol–water partition coefficient (Wildman–Crippen LogP) is 1.79. The van der Waals surface area contributed by atoms with E-state index in [4.69, 9.17) is 10.5 Å². The van der Waals surface area contributed by atoms with E-state index < -0.39 is 0 Å². The van der Waals surface area contributed by atoms with Gasteiger partial charge in [0, 0.05) is 19.3 Å². The van der Waals surface area contributed by atoms with Crippen LogP contribution in [0, 0.1) is 17.3 Å². The van der Waals surface area contributed by atoms with E-state index in [0.29, 0.717) is 11.5 Å². The predicted molar refractivity (Wildman–Crippen MR) is 53.4 cm³/mol. The monoisotopic (exact) mass is 183 g/mol. The highest BCUT2D eigenvalue weighted by Crippen LogP contribution is 2.54. The smallest absolute Gasteiger partial charge is 0.0469 e. The first kappa shape index (κ1) is 9.47. The molecule has 1 aliphatic heterocycles. The summed E-state index contributed by atoms with van der Waals surface area (Å²) >= 11 is 0. The molecule has 1 saturated carbocycles. The molecule has 1 aliphatic carbocycles. The molecule has 2 aliphatic rings. The Morgan fingerprint density at radius 1 is 1.31 bits per heavy atom. The molecule has 0 amide bonds. The molecule has 0 aromatic rings. The topological polar surface area (TPSA) is 35.2 Å². The zero-order valence-electron chi connectivity index (χ0n) is 8.75. The molecule has 0 spiro atoms. The Hall–Kier alpha value is -0.0800. The average Bonchev–Trinajstić information content (AvgIpc) is 2.76. The van der Waals surface area contributed by atoms with E-state index in [9.17, 15) is 0 Å². The molecule has 2 rings (SSSR count). The Bertz CT molecular complexity index is 185. The van der Waals surface area contributed by atoms with Crippen molar-refractivity contribution in [1.29, 1.82) is 0 Å². The highest BCUT2D eigenvalue weighted by Gasteiger charge is 2.50. The van der Waals surface area contributed by atoms with Gasteiger partial charge < -0.3 is 10.5 Å². The van der Waals surface area contributed by atoms with Gasteiger partial charge in [0.05, 0.1) is 0 Å². The van der Waals surface area contributed by atoms with Crippen molar-refractivity contribution in [3.63, 3.8) is 0 Å². The first-order chi connectivity index (χ1) is 6.11. The Labute approximate surface area is 80.8 Å². The summed E-state index contributed by atoms with van der Waals surface area (Å²) in [5, 5.41) is 0. The maximum atomic E-state index is 6.27. The number of nitrogens with two attached hydrogens (primary N) is 1. The first-order valence-corrected chi connectivity index (χ1v) is 5.44. The van der Waals surface area contributed by atoms with E-state index in [-0.39, 0.29) is 0 Å². The van der Waals surface area contributed by atoms with Crippen molar-refractivity contribution < 1.29 is 4.74 Å². The standard InChI is InChI=1S/C11H21NO/c1-11(2)7-9(11)10(12)8-3-5-13-6-4-8/h8-10H,3-7,12H2,1-2H3. The van der Waals surface area contributed by atoms with E-state index in [1.165, 1.54) is 19.3 Å². The SMILES string of the molecule is CC1(C)CC1C(N)C1CCOCC1. The molecule has 2 atom stereocenters. The van der Waals surface area contributed by atoms with Gasteiger partial charge in [0.2, 0.25) is 0 Å². The van der Waals surface area contributed by atoms with E-state index in [0.717, 1.165) is 25.0 Å². The van der Waals surface area contributed by atoms with Gasteiger partial charge in [0.1, 0.15) is 0 Å². The summed E-state index contributed by atoms with van der Waals surface area (Å²) in [4.78, 5) is 0. The second-order valence-corrected chi connectivity index (χ2v) is 5.33. The molecule has 1 saturated heterocycles. The summed E-state index contributed by atoms with van der Waals surface area (Å²) in [6.45, 7) is 6.50. The second-order valence-electron chi connectivity index (χ2n) is 5.33. The van der Waals surface area contributed by atoms with Crippen molar-refractivity contribution in [2.45, 2.75) is 39.2 Å². The molecular formula is C11H21NO. The number of rotatable bonds is 2. The minimum absolute atomic E-state index is 0.430. The summed E-state index contributed by atoms with van der Waals surface area (Å²) in [6.07, 6.45) is 3.67. The van der Waals surface area contributed by atoms with Crippen LogP contribution in [0.25, 0.3) is 0 Å². The van der Waals surface area contributed by atoms with Crippen LogP contribution in [0.15, 0.2) is 0 Å². The van der Waals surface area contributed by atoms with Crippen molar-refractivity contribution in [3.05, 3.63) is 0 Å². The van der Waals surface area contributed by atoms with Gasteiger partial charge in [-0.3, -0.25) is 0 Å². The molecule has 2 N–H and O–H groups in total. The molecule has 13 heavy (non-hydrogen) atoms. The molecule has 2 nitrogen and oxygen atoms in total. The van der Waals surface area contributed by atoms with E-state index >= 15 is 0 Å². The molecular weight excluding hydrogens is 162 g/mol. The third kappa shape index (κ3) is 1.89. The third-order valence-electron chi connectivity index (χ3n) is 3.86. The minimum atomic E-state index is 0.430. The Morgan fingerprint density at radius 2 is 1.85 bits per heavy atom. The molecule has 2 unspecified atom stereocenters. The molecule has 2 heteroatoms. The van der Waals surface area contributed by atoms with Crippen molar-refractivity contribution in [3.8, 4) is 0 Å². The second kappa shape index (κ2) is 3.25. The van der Waals surface area contributed by atoms with Crippen LogP contribution in [0.5, 0.6) is 0 Å². The minimum Gasteiger partial charge on any atom is -0.381 e. The van der Waals surface area contributed by atoms with E-state index in [1.807, 2.05) is 0 Å². The lowest BCUT2D eigenvalue weighted by Crippen LogP contribution is -2.37. The normalized spacial score (nSPS) is 35.8. The van der Waals surface area contributed by atoms with Crippen LogP contribution in [-0.2, 0) is 4.74 Å². The van der Waals surface area contributed by atoms with Crippen LogP contribution < -0.4 is 5.73 Å². The lowest BCUT2D eigenvalue weighted by atomic mass is 9.87. The highest BCUT2D eigenvalue weighted by molar-refractivity contribution is 5.02. The summed E-state index contributed by atoms with van der Waals surface area (Å²) in [6, 6.07) is 0.430. The molecule has 0 radical (unpaired) electrons. The van der Waals surface area contributed by atoms with Gasteiger partial charge >= 0.3 is 0 Å². The van der Waals surface area contributed by atoms with Crippen LogP contribution in [0.2, 0.25) is 0 Å². The molecule has 0 aromatic carbocycles. The fourth-order valence-electron chi connectivity index (χ4n) is 2.59. The van der Waals surface area contributed by atoms with Gasteiger partial charge in [-0.25, -0.2) is 0 Å².